The van der Waals surface area contributed by atoms with E-state index in [0.717, 1.165) is 0 Å². The lowest BCUT2D eigenvalue weighted by molar-refractivity contribution is -0.0862. The van der Waals surface area contributed by atoms with Crippen LogP contribution in [0.5, 0.6) is 0 Å². The van der Waals surface area contributed by atoms with Crippen molar-refractivity contribution in [3.05, 3.63) is 0 Å². The molecule has 1 aliphatic rings. The number of alkyl halides is 1. The van der Waals surface area contributed by atoms with Gasteiger partial charge in [0, 0.05) is 4.83 Å². The Morgan fingerprint density at radius 2 is 1.38 bits per heavy atom. The van der Waals surface area contributed by atoms with Crippen molar-refractivity contribution in [2.75, 3.05) is 0 Å². The average molecular weight is 249 g/mol. The molecule has 1 nitrogen and oxygen atoms in total. The Morgan fingerprint density at radius 1 is 1.00 bits per heavy atom. The average Bonchev–Trinajstić information content (AvgIpc) is 2.03. The molecular weight excluding hydrogens is 228 g/mol. The largest absolute Gasteiger partial charge is 0.374 e. The first-order chi connectivity index (χ1) is 6.00. The number of halogens is 1. The Morgan fingerprint density at radius 3 is 1.69 bits per heavy atom. The van der Waals surface area contributed by atoms with Gasteiger partial charge in [-0.15, -0.1) is 0 Å². The molecule has 3 atom stereocenters. The van der Waals surface area contributed by atoms with E-state index in [1.54, 1.807) is 0 Å². The van der Waals surface area contributed by atoms with Crippen LogP contribution in [0.1, 0.15) is 40.5 Å². The lowest BCUT2D eigenvalue weighted by Crippen LogP contribution is -2.38. The van der Waals surface area contributed by atoms with Crippen LogP contribution >= 0.6 is 15.9 Å². The fourth-order valence-electron chi connectivity index (χ4n) is 1.79. The van der Waals surface area contributed by atoms with E-state index in [4.69, 9.17) is 4.74 Å². The van der Waals surface area contributed by atoms with E-state index in [-0.39, 0.29) is 0 Å². The molecule has 78 valence electrons. The molecule has 1 rings (SSSR count). The number of rotatable bonds is 2. The van der Waals surface area contributed by atoms with Crippen molar-refractivity contribution in [1.82, 2.24) is 0 Å². The van der Waals surface area contributed by atoms with Crippen LogP contribution in [0.2, 0.25) is 0 Å². The van der Waals surface area contributed by atoms with Crippen LogP contribution in [0.3, 0.4) is 0 Å². The zero-order chi connectivity index (χ0) is 10.0. The summed E-state index contributed by atoms with van der Waals surface area (Å²) in [6, 6.07) is 0. The summed E-state index contributed by atoms with van der Waals surface area (Å²) in [5.74, 6) is 1.28. The summed E-state index contributed by atoms with van der Waals surface area (Å²) in [6.45, 7) is 8.97. The van der Waals surface area contributed by atoms with Gasteiger partial charge in [-0.05, 0) is 24.7 Å². The van der Waals surface area contributed by atoms with Crippen LogP contribution in [0.25, 0.3) is 0 Å². The molecule has 0 aromatic carbocycles. The van der Waals surface area contributed by atoms with Gasteiger partial charge in [-0.25, -0.2) is 0 Å². The first-order valence-corrected chi connectivity index (χ1v) is 6.21. The molecule has 0 saturated carbocycles. The van der Waals surface area contributed by atoms with E-state index in [1.807, 2.05) is 0 Å². The Hall–Kier alpha value is 0.440. The summed E-state index contributed by atoms with van der Waals surface area (Å²) in [5, 5.41) is 0. The summed E-state index contributed by atoms with van der Waals surface area (Å²) >= 11 is 3.73. The molecule has 13 heavy (non-hydrogen) atoms. The minimum atomic E-state index is 0.450. The molecule has 0 bridgehead atoms. The van der Waals surface area contributed by atoms with Gasteiger partial charge in [-0.3, -0.25) is 0 Å². The van der Waals surface area contributed by atoms with E-state index in [9.17, 15) is 0 Å². The Labute approximate surface area is 90.4 Å². The van der Waals surface area contributed by atoms with Gasteiger partial charge in [0.2, 0.25) is 0 Å². The highest BCUT2D eigenvalue weighted by Gasteiger charge is 2.31. The van der Waals surface area contributed by atoms with Crippen molar-refractivity contribution in [3.8, 4) is 0 Å². The van der Waals surface area contributed by atoms with Crippen LogP contribution < -0.4 is 0 Å². The van der Waals surface area contributed by atoms with Gasteiger partial charge in [0.05, 0.1) is 12.2 Å². The lowest BCUT2D eigenvalue weighted by Gasteiger charge is -2.37. The lowest BCUT2D eigenvalue weighted by atomic mass is 9.92. The summed E-state index contributed by atoms with van der Waals surface area (Å²) in [7, 11) is 0. The predicted octanol–water partition coefficient (Wildman–Crippen LogP) is 3.61. The topological polar surface area (TPSA) is 9.23 Å². The van der Waals surface area contributed by atoms with Gasteiger partial charge in [0.15, 0.2) is 0 Å². The molecule has 0 aromatic heterocycles. The third kappa shape index (κ3) is 3.25. The van der Waals surface area contributed by atoms with Crippen molar-refractivity contribution in [3.63, 3.8) is 0 Å². The monoisotopic (exact) mass is 248 g/mol. The highest BCUT2D eigenvalue weighted by Crippen LogP contribution is 2.31. The van der Waals surface area contributed by atoms with Crippen molar-refractivity contribution in [1.29, 1.82) is 0 Å². The van der Waals surface area contributed by atoms with Crippen molar-refractivity contribution in [2.45, 2.75) is 57.6 Å². The molecule has 0 amide bonds. The molecule has 1 unspecified atom stereocenters. The van der Waals surface area contributed by atoms with E-state index in [2.05, 4.69) is 43.6 Å². The second kappa shape index (κ2) is 4.79. The standard InChI is InChI=1S/C11H21BrO/c1-7(2)10-5-9(12)6-11(13-10)8(3)4/h7-11H,5-6H2,1-4H3/t9?,10-,11+. The number of hydrogen-bond donors (Lipinski definition) is 0. The molecule has 1 heterocycles. The maximum absolute atomic E-state index is 6.05. The predicted molar refractivity (Wildman–Crippen MR) is 60.3 cm³/mol. The van der Waals surface area contributed by atoms with Crippen molar-refractivity contribution in [2.24, 2.45) is 11.8 Å². The highest BCUT2D eigenvalue weighted by atomic mass is 79.9. The van der Waals surface area contributed by atoms with Crippen LogP contribution in [0.15, 0.2) is 0 Å². The van der Waals surface area contributed by atoms with Gasteiger partial charge >= 0.3 is 0 Å². The van der Waals surface area contributed by atoms with Gasteiger partial charge in [-0.1, -0.05) is 43.6 Å². The molecule has 0 N–H and O–H groups in total. The van der Waals surface area contributed by atoms with Crippen LogP contribution in [-0.4, -0.2) is 17.0 Å². The Bertz CT molecular complexity index is 140. The molecule has 1 saturated heterocycles. The molecule has 0 aromatic rings. The third-order valence-electron chi connectivity index (χ3n) is 2.81. The normalized spacial score (nSPS) is 35.8. The molecule has 0 radical (unpaired) electrons. The number of hydrogen-bond acceptors (Lipinski definition) is 1. The van der Waals surface area contributed by atoms with E-state index >= 15 is 0 Å². The molecule has 1 fully saturated rings. The minimum absolute atomic E-state index is 0.450. The summed E-state index contributed by atoms with van der Waals surface area (Å²) in [4.78, 5) is 0.654. The highest BCUT2D eigenvalue weighted by molar-refractivity contribution is 9.09. The Balaban J connectivity index is 2.52. The van der Waals surface area contributed by atoms with E-state index < -0.39 is 0 Å². The fourth-order valence-corrected chi connectivity index (χ4v) is 2.53. The first-order valence-electron chi connectivity index (χ1n) is 5.30. The SMILES string of the molecule is CC(C)[C@@H]1CC(Br)C[C@H](C(C)C)O1. The smallest absolute Gasteiger partial charge is 0.0612 e. The minimum Gasteiger partial charge on any atom is -0.374 e. The molecule has 1 aliphatic heterocycles. The van der Waals surface area contributed by atoms with Gasteiger partial charge < -0.3 is 4.74 Å². The van der Waals surface area contributed by atoms with Crippen molar-refractivity contribution < 1.29 is 4.74 Å². The molecular formula is C11H21BrO. The van der Waals surface area contributed by atoms with Crippen molar-refractivity contribution >= 4 is 15.9 Å². The quantitative estimate of drug-likeness (QED) is 0.679. The zero-order valence-corrected chi connectivity index (χ0v) is 10.7. The van der Waals surface area contributed by atoms with Crippen LogP contribution in [-0.2, 0) is 4.74 Å². The third-order valence-corrected chi connectivity index (χ3v) is 3.56. The molecule has 2 heteroatoms. The summed E-state index contributed by atoms with van der Waals surface area (Å²) < 4.78 is 6.05. The second-order valence-corrected chi connectivity index (χ2v) is 6.06. The van der Waals surface area contributed by atoms with Crippen LogP contribution in [0, 0.1) is 11.8 Å². The van der Waals surface area contributed by atoms with E-state index in [0.29, 0.717) is 28.9 Å². The van der Waals surface area contributed by atoms with Gasteiger partial charge in [0.1, 0.15) is 0 Å². The maximum Gasteiger partial charge on any atom is 0.0612 e. The maximum atomic E-state index is 6.05. The first kappa shape index (κ1) is 11.5. The second-order valence-electron chi connectivity index (χ2n) is 4.77. The summed E-state index contributed by atoms with van der Waals surface area (Å²) in [5.41, 5.74) is 0. The zero-order valence-electron chi connectivity index (χ0n) is 9.09. The fraction of sp³-hybridized carbons (Fsp3) is 1.00. The number of ether oxygens (including phenoxy) is 1. The van der Waals surface area contributed by atoms with E-state index in [1.165, 1.54) is 12.8 Å². The van der Waals surface area contributed by atoms with Crippen LogP contribution in [0.4, 0.5) is 0 Å². The Kier molecular flexibility index (Phi) is 4.24. The molecule has 0 aliphatic carbocycles. The molecule has 0 spiro atoms. The summed E-state index contributed by atoms with van der Waals surface area (Å²) in [6.07, 6.45) is 3.23. The van der Waals surface area contributed by atoms with Gasteiger partial charge in [0.25, 0.3) is 0 Å². The van der Waals surface area contributed by atoms with Gasteiger partial charge in [-0.2, -0.15) is 0 Å².